The van der Waals surface area contributed by atoms with Gasteiger partial charge in [0, 0.05) is 6.04 Å². The molecule has 0 bridgehead atoms. The van der Waals surface area contributed by atoms with E-state index in [1.807, 2.05) is 0 Å². The first-order valence-corrected chi connectivity index (χ1v) is 8.03. The third-order valence-electron chi connectivity index (χ3n) is 3.17. The molecule has 0 aliphatic carbocycles. The van der Waals surface area contributed by atoms with Gasteiger partial charge < -0.3 is 0 Å². The molecule has 8 heteroatoms. The number of sulfonamides is 1. The summed E-state index contributed by atoms with van der Waals surface area (Å²) in [5, 5.41) is 0. The lowest BCUT2D eigenvalue weighted by Crippen LogP contribution is -2.27. The minimum absolute atomic E-state index is 0.471. The molecule has 0 fully saturated rings. The van der Waals surface area contributed by atoms with Crippen LogP contribution in [0.5, 0.6) is 0 Å². The van der Waals surface area contributed by atoms with Crippen LogP contribution in [0.2, 0.25) is 0 Å². The molecule has 2 aromatic carbocycles. The minimum Gasteiger partial charge on any atom is -0.207 e. The zero-order valence-electron chi connectivity index (χ0n) is 11.9. The van der Waals surface area contributed by atoms with Crippen molar-refractivity contribution in [2.45, 2.75) is 24.0 Å². The number of halogens is 4. The Morgan fingerprint density at radius 3 is 2.22 bits per heavy atom. The van der Waals surface area contributed by atoms with Crippen LogP contribution in [0, 0.1) is 5.82 Å². The standard InChI is InChI=1S/C15H13F4NO2S/c1-10(11-5-7-13(16)8-6-11)20-23(21,22)14-4-2-3-12(9-14)15(17,18)19/h2-10,20H,1H3. The van der Waals surface area contributed by atoms with E-state index in [1.165, 1.54) is 31.2 Å². The molecule has 0 radical (unpaired) electrons. The first-order chi connectivity index (χ1) is 10.6. The molecule has 124 valence electrons. The van der Waals surface area contributed by atoms with Crippen molar-refractivity contribution in [2.24, 2.45) is 0 Å². The van der Waals surface area contributed by atoms with Gasteiger partial charge in [-0.3, -0.25) is 0 Å². The van der Waals surface area contributed by atoms with Crippen LogP contribution in [0.3, 0.4) is 0 Å². The second-order valence-electron chi connectivity index (χ2n) is 4.92. The summed E-state index contributed by atoms with van der Waals surface area (Å²) in [7, 11) is -4.14. The molecule has 0 heterocycles. The van der Waals surface area contributed by atoms with Crippen LogP contribution in [-0.4, -0.2) is 8.42 Å². The van der Waals surface area contributed by atoms with E-state index in [-0.39, 0.29) is 0 Å². The van der Waals surface area contributed by atoms with Crippen LogP contribution in [0.4, 0.5) is 17.6 Å². The third-order valence-corrected chi connectivity index (χ3v) is 4.71. The molecular weight excluding hydrogens is 334 g/mol. The van der Waals surface area contributed by atoms with Crippen LogP contribution in [-0.2, 0) is 16.2 Å². The van der Waals surface area contributed by atoms with E-state index in [0.717, 1.165) is 18.2 Å². The molecule has 0 aromatic heterocycles. The van der Waals surface area contributed by atoms with Crippen molar-refractivity contribution in [1.82, 2.24) is 4.72 Å². The van der Waals surface area contributed by atoms with Gasteiger partial charge >= 0.3 is 6.18 Å². The maximum Gasteiger partial charge on any atom is 0.416 e. The van der Waals surface area contributed by atoms with Crippen molar-refractivity contribution in [3.8, 4) is 0 Å². The Morgan fingerprint density at radius 2 is 1.65 bits per heavy atom. The second-order valence-corrected chi connectivity index (χ2v) is 6.63. The highest BCUT2D eigenvalue weighted by molar-refractivity contribution is 7.89. The smallest absolute Gasteiger partial charge is 0.207 e. The van der Waals surface area contributed by atoms with E-state index < -0.39 is 38.5 Å². The molecule has 0 spiro atoms. The Hall–Kier alpha value is -1.93. The Balaban J connectivity index is 2.27. The molecule has 2 aromatic rings. The van der Waals surface area contributed by atoms with Gasteiger partial charge in [-0.15, -0.1) is 0 Å². The fourth-order valence-electron chi connectivity index (χ4n) is 1.96. The van der Waals surface area contributed by atoms with Crippen molar-refractivity contribution >= 4 is 10.0 Å². The van der Waals surface area contributed by atoms with E-state index in [9.17, 15) is 26.0 Å². The highest BCUT2D eigenvalue weighted by Crippen LogP contribution is 2.30. The SMILES string of the molecule is CC(NS(=O)(=O)c1cccc(C(F)(F)F)c1)c1ccc(F)cc1. The number of benzene rings is 2. The average molecular weight is 347 g/mol. The molecule has 1 unspecified atom stereocenters. The molecule has 0 aliphatic heterocycles. The fourth-order valence-corrected chi connectivity index (χ4v) is 3.24. The van der Waals surface area contributed by atoms with Gasteiger partial charge in [0.15, 0.2) is 0 Å². The van der Waals surface area contributed by atoms with Crippen LogP contribution < -0.4 is 4.72 Å². The van der Waals surface area contributed by atoms with Crippen molar-refractivity contribution in [3.63, 3.8) is 0 Å². The van der Waals surface area contributed by atoms with E-state index in [4.69, 9.17) is 0 Å². The van der Waals surface area contributed by atoms with E-state index in [0.29, 0.717) is 11.6 Å². The largest absolute Gasteiger partial charge is 0.416 e. The van der Waals surface area contributed by atoms with Gasteiger partial charge in [0.2, 0.25) is 10.0 Å². The van der Waals surface area contributed by atoms with Gasteiger partial charge in [-0.2, -0.15) is 13.2 Å². The number of hydrogen-bond acceptors (Lipinski definition) is 2. The molecule has 0 saturated heterocycles. The number of nitrogens with one attached hydrogen (secondary N) is 1. The number of rotatable bonds is 4. The van der Waals surface area contributed by atoms with Crippen LogP contribution in [0.25, 0.3) is 0 Å². The molecule has 1 atom stereocenters. The quantitative estimate of drug-likeness (QED) is 0.853. The average Bonchev–Trinajstić information content (AvgIpc) is 2.46. The summed E-state index contributed by atoms with van der Waals surface area (Å²) < 4.78 is 77.6. The van der Waals surface area contributed by atoms with Gasteiger partial charge in [-0.05, 0) is 42.8 Å². The van der Waals surface area contributed by atoms with Crippen molar-refractivity contribution < 1.29 is 26.0 Å². The summed E-state index contributed by atoms with van der Waals surface area (Å²) in [5.41, 5.74) is -0.559. The highest BCUT2D eigenvalue weighted by Gasteiger charge is 2.31. The molecular formula is C15H13F4NO2S. The Bertz CT molecular complexity index is 786. The zero-order valence-corrected chi connectivity index (χ0v) is 12.7. The second kappa shape index (κ2) is 6.29. The van der Waals surface area contributed by atoms with Crippen LogP contribution >= 0.6 is 0 Å². The zero-order chi connectivity index (χ0) is 17.3. The van der Waals surface area contributed by atoms with Crippen molar-refractivity contribution in [2.75, 3.05) is 0 Å². The highest BCUT2D eigenvalue weighted by atomic mass is 32.2. The third kappa shape index (κ3) is 4.29. The maximum absolute atomic E-state index is 12.9. The predicted molar refractivity (Wildman–Crippen MR) is 76.6 cm³/mol. The minimum atomic E-state index is -4.63. The molecule has 0 saturated carbocycles. The normalized spacial score (nSPS) is 13.8. The van der Waals surface area contributed by atoms with Crippen molar-refractivity contribution in [3.05, 3.63) is 65.5 Å². The maximum atomic E-state index is 12.9. The summed E-state index contributed by atoms with van der Waals surface area (Å²) in [5.74, 6) is -0.471. The monoisotopic (exact) mass is 347 g/mol. The molecule has 0 amide bonds. The van der Waals surface area contributed by atoms with Crippen LogP contribution in [0.1, 0.15) is 24.1 Å². The first kappa shape index (κ1) is 17.4. The Labute approximate surface area is 131 Å². The van der Waals surface area contributed by atoms with Crippen LogP contribution in [0.15, 0.2) is 53.4 Å². The lowest BCUT2D eigenvalue weighted by atomic mass is 10.1. The summed E-state index contributed by atoms with van der Waals surface area (Å²) in [6.07, 6.45) is -4.63. The topological polar surface area (TPSA) is 46.2 Å². The number of alkyl halides is 3. The summed E-state index contributed by atoms with van der Waals surface area (Å²) in [6.45, 7) is 1.51. The molecule has 2 rings (SSSR count). The van der Waals surface area contributed by atoms with Gasteiger partial charge in [0.05, 0.1) is 10.5 Å². The molecule has 3 nitrogen and oxygen atoms in total. The summed E-state index contributed by atoms with van der Waals surface area (Å²) in [4.78, 5) is -0.485. The molecule has 23 heavy (non-hydrogen) atoms. The first-order valence-electron chi connectivity index (χ1n) is 6.54. The summed E-state index contributed by atoms with van der Waals surface area (Å²) in [6, 6.07) is 7.88. The van der Waals surface area contributed by atoms with Gasteiger partial charge in [-0.1, -0.05) is 18.2 Å². The molecule has 1 N–H and O–H groups in total. The predicted octanol–water partition coefficient (Wildman–Crippen LogP) is 3.88. The summed E-state index contributed by atoms with van der Waals surface area (Å²) >= 11 is 0. The van der Waals surface area contributed by atoms with E-state index >= 15 is 0 Å². The van der Waals surface area contributed by atoms with E-state index in [2.05, 4.69) is 4.72 Å². The van der Waals surface area contributed by atoms with E-state index in [1.54, 1.807) is 0 Å². The van der Waals surface area contributed by atoms with Gasteiger partial charge in [0.25, 0.3) is 0 Å². The Kier molecular flexibility index (Phi) is 4.76. The van der Waals surface area contributed by atoms with Crippen molar-refractivity contribution in [1.29, 1.82) is 0 Å². The fraction of sp³-hybridized carbons (Fsp3) is 0.200. The Morgan fingerprint density at radius 1 is 1.04 bits per heavy atom. The lowest BCUT2D eigenvalue weighted by Gasteiger charge is -2.15. The lowest BCUT2D eigenvalue weighted by molar-refractivity contribution is -0.137. The van der Waals surface area contributed by atoms with Gasteiger partial charge in [-0.25, -0.2) is 17.5 Å². The van der Waals surface area contributed by atoms with Gasteiger partial charge in [0.1, 0.15) is 5.82 Å². The number of hydrogen-bond donors (Lipinski definition) is 1. The molecule has 0 aliphatic rings.